The van der Waals surface area contributed by atoms with Crippen LogP contribution in [0.1, 0.15) is 32.3 Å². The molecule has 0 amide bonds. The van der Waals surface area contributed by atoms with Crippen molar-refractivity contribution in [2.24, 2.45) is 0 Å². The predicted molar refractivity (Wildman–Crippen MR) is 72.8 cm³/mol. The molecule has 17 heavy (non-hydrogen) atoms. The van der Waals surface area contributed by atoms with Gasteiger partial charge in [0.1, 0.15) is 5.82 Å². The van der Waals surface area contributed by atoms with Crippen molar-refractivity contribution in [3.05, 3.63) is 40.2 Å². The van der Waals surface area contributed by atoms with Gasteiger partial charge in [0.05, 0.1) is 5.02 Å². The summed E-state index contributed by atoms with van der Waals surface area (Å²) in [5.41, 5.74) is 2.24. The molecule has 94 valence electrons. The number of hydrogen-bond acceptors (Lipinski definition) is 1. The number of hydrogen-bond donors (Lipinski definition) is 1. The van der Waals surface area contributed by atoms with Crippen molar-refractivity contribution in [3.8, 4) is 0 Å². The summed E-state index contributed by atoms with van der Waals surface area (Å²) in [5.74, 6) is -0.369. The van der Waals surface area contributed by atoms with Crippen LogP contribution in [0, 0.1) is 5.82 Å². The number of halogens is 2. The Morgan fingerprint density at radius 2 is 2.18 bits per heavy atom. The first-order valence-corrected chi connectivity index (χ1v) is 6.40. The molecule has 0 aliphatic rings. The Hall–Kier alpha value is -0.860. The molecule has 0 saturated carbocycles. The Balaban J connectivity index is 2.72. The molecule has 0 saturated heterocycles. The van der Waals surface area contributed by atoms with Crippen LogP contribution in [0.2, 0.25) is 5.02 Å². The number of nitrogens with one attached hydrogen (secondary N) is 1. The summed E-state index contributed by atoms with van der Waals surface area (Å²) in [5, 5.41) is 3.53. The average Bonchev–Trinajstić information content (AvgIpc) is 2.32. The maximum absolute atomic E-state index is 13.0. The molecule has 0 fully saturated rings. The van der Waals surface area contributed by atoms with E-state index in [4.69, 9.17) is 11.6 Å². The summed E-state index contributed by atoms with van der Waals surface area (Å²) < 4.78 is 13.0. The third-order valence-corrected chi connectivity index (χ3v) is 2.84. The van der Waals surface area contributed by atoms with Gasteiger partial charge in [-0.25, -0.2) is 4.39 Å². The number of benzene rings is 1. The van der Waals surface area contributed by atoms with Crippen LogP contribution in [0.25, 0.3) is 6.08 Å². The Bertz CT molecular complexity index is 388. The highest BCUT2D eigenvalue weighted by Gasteiger charge is 2.00. The lowest BCUT2D eigenvalue weighted by atomic mass is 10.1. The van der Waals surface area contributed by atoms with Crippen molar-refractivity contribution in [2.45, 2.75) is 26.7 Å². The Morgan fingerprint density at radius 3 is 2.76 bits per heavy atom. The fourth-order valence-corrected chi connectivity index (χ4v) is 1.73. The van der Waals surface area contributed by atoms with Crippen LogP contribution in [0.3, 0.4) is 0 Å². The minimum atomic E-state index is -0.369. The third kappa shape index (κ3) is 4.88. The van der Waals surface area contributed by atoms with E-state index in [1.165, 1.54) is 11.6 Å². The van der Waals surface area contributed by atoms with Crippen molar-refractivity contribution in [1.82, 2.24) is 5.32 Å². The fraction of sp³-hybridized carbons (Fsp3) is 0.429. The summed E-state index contributed by atoms with van der Waals surface area (Å²) in [6.45, 7) is 6.15. The third-order valence-electron chi connectivity index (χ3n) is 2.55. The zero-order valence-corrected chi connectivity index (χ0v) is 11.1. The van der Waals surface area contributed by atoms with E-state index < -0.39 is 0 Å². The quantitative estimate of drug-likeness (QED) is 0.749. The van der Waals surface area contributed by atoms with Gasteiger partial charge in [0.15, 0.2) is 0 Å². The normalized spacial score (nSPS) is 11.9. The molecule has 1 N–H and O–H groups in total. The zero-order valence-electron chi connectivity index (χ0n) is 10.4. The van der Waals surface area contributed by atoms with Gasteiger partial charge in [0, 0.05) is 6.54 Å². The Kier molecular flexibility index (Phi) is 6.23. The molecule has 0 aliphatic heterocycles. The zero-order chi connectivity index (χ0) is 12.7. The molecule has 0 heterocycles. The van der Waals surface area contributed by atoms with E-state index in [1.807, 2.05) is 0 Å². The van der Waals surface area contributed by atoms with Gasteiger partial charge in [0.2, 0.25) is 0 Å². The molecule has 1 rings (SSSR count). The van der Waals surface area contributed by atoms with Crippen LogP contribution in [-0.2, 0) is 0 Å². The van der Waals surface area contributed by atoms with Crippen molar-refractivity contribution in [1.29, 1.82) is 0 Å². The van der Waals surface area contributed by atoms with E-state index >= 15 is 0 Å². The molecule has 1 aromatic carbocycles. The molecule has 1 nitrogen and oxygen atoms in total. The average molecular weight is 256 g/mol. The molecule has 0 radical (unpaired) electrons. The van der Waals surface area contributed by atoms with Gasteiger partial charge in [-0.2, -0.15) is 0 Å². The standard InChI is InChI=1S/C14H19ClFN/c1-3-7-17-10-11(4-2)8-12-5-6-14(16)13(15)9-12/h5-6,8-9,17H,3-4,7,10H2,1-2H3/b11-8+. The summed E-state index contributed by atoms with van der Waals surface area (Å²) in [6, 6.07) is 4.81. The van der Waals surface area contributed by atoms with Gasteiger partial charge < -0.3 is 5.32 Å². The first-order chi connectivity index (χ1) is 8.17. The van der Waals surface area contributed by atoms with Crippen LogP contribution in [0.15, 0.2) is 23.8 Å². The molecule has 0 unspecified atom stereocenters. The highest BCUT2D eigenvalue weighted by molar-refractivity contribution is 6.30. The second kappa shape index (κ2) is 7.46. The molecule has 0 aliphatic carbocycles. The number of rotatable bonds is 6. The van der Waals surface area contributed by atoms with Gasteiger partial charge in [-0.3, -0.25) is 0 Å². The molecule has 0 aromatic heterocycles. The van der Waals surface area contributed by atoms with Crippen LogP contribution in [0.4, 0.5) is 4.39 Å². The molecule has 1 aromatic rings. The van der Waals surface area contributed by atoms with E-state index in [0.717, 1.165) is 31.5 Å². The largest absolute Gasteiger partial charge is 0.313 e. The summed E-state index contributed by atoms with van der Waals surface area (Å²) in [7, 11) is 0. The van der Waals surface area contributed by atoms with Crippen LogP contribution in [-0.4, -0.2) is 13.1 Å². The van der Waals surface area contributed by atoms with E-state index in [9.17, 15) is 4.39 Å². The monoisotopic (exact) mass is 255 g/mol. The highest BCUT2D eigenvalue weighted by atomic mass is 35.5. The molecule has 0 atom stereocenters. The van der Waals surface area contributed by atoms with Gasteiger partial charge in [-0.05, 0) is 37.1 Å². The van der Waals surface area contributed by atoms with Gasteiger partial charge >= 0.3 is 0 Å². The highest BCUT2D eigenvalue weighted by Crippen LogP contribution is 2.18. The van der Waals surface area contributed by atoms with Crippen molar-refractivity contribution >= 4 is 17.7 Å². The van der Waals surface area contributed by atoms with Crippen LogP contribution >= 0.6 is 11.6 Å². The molecule has 0 bridgehead atoms. The summed E-state index contributed by atoms with van der Waals surface area (Å²) in [4.78, 5) is 0. The lowest BCUT2D eigenvalue weighted by Gasteiger charge is -2.06. The minimum Gasteiger partial charge on any atom is -0.313 e. The molecule has 3 heteroatoms. The lowest BCUT2D eigenvalue weighted by Crippen LogP contribution is -2.17. The SMILES string of the molecule is CCCNC/C(=C/c1ccc(F)c(Cl)c1)CC. The van der Waals surface area contributed by atoms with Crippen molar-refractivity contribution in [3.63, 3.8) is 0 Å². The summed E-state index contributed by atoms with van der Waals surface area (Å²) >= 11 is 5.75. The second-order valence-corrected chi connectivity index (χ2v) is 4.41. The van der Waals surface area contributed by atoms with E-state index in [2.05, 4.69) is 25.2 Å². The first-order valence-electron chi connectivity index (χ1n) is 6.02. The fourth-order valence-electron chi connectivity index (χ4n) is 1.54. The lowest BCUT2D eigenvalue weighted by molar-refractivity contribution is 0.628. The Labute approximate surface area is 108 Å². The van der Waals surface area contributed by atoms with Gasteiger partial charge in [-0.1, -0.05) is 43.2 Å². The minimum absolute atomic E-state index is 0.177. The summed E-state index contributed by atoms with van der Waals surface area (Å²) in [6.07, 6.45) is 4.17. The molecular weight excluding hydrogens is 237 g/mol. The maximum atomic E-state index is 13.0. The first kappa shape index (κ1) is 14.2. The van der Waals surface area contributed by atoms with Crippen molar-refractivity contribution in [2.75, 3.05) is 13.1 Å². The second-order valence-electron chi connectivity index (χ2n) is 4.01. The predicted octanol–water partition coefficient (Wildman–Crippen LogP) is 4.27. The maximum Gasteiger partial charge on any atom is 0.141 e. The Morgan fingerprint density at radius 1 is 1.41 bits per heavy atom. The van der Waals surface area contributed by atoms with E-state index in [1.54, 1.807) is 12.1 Å². The smallest absolute Gasteiger partial charge is 0.141 e. The van der Waals surface area contributed by atoms with Crippen LogP contribution < -0.4 is 5.32 Å². The van der Waals surface area contributed by atoms with Crippen LogP contribution in [0.5, 0.6) is 0 Å². The van der Waals surface area contributed by atoms with E-state index in [-0.39, 0.29) is 10.8 Å². The van der Waals surface area contributed by atoms with Crippen molar-refractivity contribution < 1.29 is 4.39 Å². The van der Waals surface area contributed by atoms with E-state index in [0.29, 0.717) is 0 Å². The molecule has 0 spiro atoms. The topological polar surface area (TPSA) is 12.0 Å². The van der Waals surface area contributed by atoms with Gasteiger partial charge in [0.25, 0.3) is 0 Å². The molecular formula is C14H19ClFN. The van der Waals surface area contributed by atoms with Gasteiger partial charge in [-0.15, -0.1) is 0 Å².